The quantitative estimate of drug-likeness (QED) is 0.648. The van der Waals surface area contributed by atoms with Gasteiger partial charge in [0.25, 0.3) is 0 Å². The first kappa shape index (κ1) is 14.9. The first-order chi connectivity index (χ1) is 7.31. The van der Waals surface area contributed by atoms with Crippen molar-refractivity contribution >= 4 is 6.29 Å². The molecular weight excluding hydrogens is 196 g/mol. The van der Waals surface area contributed by atoms with E-state index in [1.807, 2.05) is 6.92 Å². The van der Waals surface area contributed by atoms with Crippen LogP contribution in [0.3, 0.4) is 0 Å². The predicted molar refractivity (Wildman–Crippen MR) is 71.0 cm³/mol. The van der Waals surface area contributed by atoms with Crippen LogP contribution >= 0.6 is 0 Å². The second-order valence-corrected chi connectivity index (χ2v) is 5.20. The van der Waals surface area contributed by atoms with Gasteiger partial charge >= 0.3 is 0 Å². The number of carbonyl (C=O) groups excluding carboxylic acids is 1. The lowest BCUT2D eigenvalue weighted by molar-refractivity contribution is -0.107. The van der Waals surface area contributed by atoms with E-state index >= 15 is 0 Å². The van der Waals surface area contributed by atoms with E-state index in [9.17, 15) is 4.79 Å². The zero-order chi connectivity index (χ0) is 12.8. The summed E-state index contributed by atoms with van der Waals surface area (Å²) in [5.41, 5.74) is 4.43. The summed E-state index contributed by atoms with van der Waals surface area (Å²) in [6.07, 6.45) is 1.51. The zero-order valence-corrected chi connectivity index (χ0v) is 11.4. The van der Waals surface area contributed by atoms with Crippen molar-refractivity contribution < 1.29 is 4.79 Å². The standard InChI is InChI=1S/C12H18.C3H6O/c1-9-6-10(2)8-11(7-9)12(3,4)5;1-2-3-4/h6-8H,1-5H3;3H,2H2,1H3. The largest absolute Gasteiger partial charge is 0.303 e. The molecule has 0 aliphatic carbocycles. The average Bonchev–Trinajstić information content (AvgIpc) is 2.15. The van der Waals surface area contributed by atoms with Crippen molar-refractivity contribution in [2.75, 3.05) is 0 Å². The van der Waals surface area contributed by atoms with E-state index in [2.05, 4.69) is 52.8 Å². The van der Waals surface area contributed by atoms with Crippen molar-refractivity contribution in [3.8, 4) is 0 Å². The third kappa shape index (κ3) is 5.69. The molecule has 1 heteroatoms. The average molecular weight is 220 g/mol. The third-order valence-electron chi connectivity index (χ3n) is 2.25. The second-order valence-electron chi connectivity index (χ2n) is 5.20. The molecule has 0 saturated heterocycles. The van der Waals surface area contributed by atoms with Crippen LogP contribution in [0.5, 0.6) is 0 Å². The van der Waals surface area contributed by atoms with Crippen molar-refractivity contribution in [1.29, 1.82) is 0 Å². The highest BCUT2D eigenvalue weighted by molar-refractivity contribution is 5.48. The molecule has 0 unspecified atom stereocenters. The van der Waals surface area contributed by atoms with E-state index in [-0.39, 0.29) is 5.41 Å². The Morgan fingerprint density at radius 3 is 1.69 bits per heavy atom. The minimum Gasteiger partial charge on any atom is -0.303 e. The topological polar surface area (TPSA) is 17.1 Å². The number of aldehydes is 1. The molecule has 1 rings (SSSR count). The van der Waals surface area contributed by atoms with Crippen molar-refractivity contribution in [3.63, 3.8) is 0 Å². The minimum absolute atomic E-state index is 0.275. The summed E-state index contributed by atoms with van der Waals surface area (Å²) in [5.74, 6) is 0. The number of rotatable bonds is 1. The van der Waals surface area contributed by atoms with Gasteiger partial charge in [-0.25, -0.2) is 0 Å². The van der Waals surface area contributed by atoms with E-state index in [4.69, 9.17) is 0 Å². The Morgan fingerprint density at radius 1 is 1.06 bits per heavy atom. The Bertz CT molecular complexity index is 312. The monoisotopic (exact) mass is 220 g/mol. The SMILES string of the molecule is CCC=O.Cc1cc(C)cc(C(C)(C)C)c1. The molecule has 0 heterocycles. The third-order valence-corrected chi connectivity index (χ3v) is 2.25. The molecule has 1 aromatic carbocycles. The maximum atomic E-state index is 9.17. The van der Waals surface area contributed by atoms with Gasteiger partial charge in [0.1, 0.15) is 6.29 Å². The molecule has 0 radical (unpaired) electrons. The minimum atomic E-state index is 0.275. The van der Waals surface area contributed by atoms with Crippen LogP contribution in [0, 0.1) is 13.8 Å². The van der Waals surface area contributed by atoms with Gasteiger partial charge in [0.15, 0.2) is 0 Å². The molecule has 1 nitrogen and oxygen atoms in total. The molecule has 0 N–H and O–H groups in total. The molecule has 90 valence electrons. The van der Waals surface area contributed by atoms with Gasteiger partial charge in [0.2, 0.25) is 0 Å². The lowest BCUT2D eigenvalue weighted by atomic mass is 9.85. The number of hydrogen-bond donors (Lipinski definition) is 0. The van der Waals surface area contributed by atoms with Gasteiger partial charge in [-0.2, -0.15) is 0 Å². The smallest absolute Gasteiger partial charge is 0.119 e. The van der Waals surface area contributed by atoms with Crippen LogP contribution in [0.25, 0.3) is 0 Å². The Morgan fingerprint density at radius 2 is 1.44 bits per heavy atom. The van der Waals surface area contributed by atoms with E-state index < -0.39 is 0 Å². The fourth-order valence-electron chi connectivity index (χ4n) is 1.41. The number of carbonyl (C=O) groups is 1. The van der Waals surface area contributed by atoms with E-state index in [1.54, 1.807) is 0 Å². The molecule has 0 fully saturated rings. The van der Waals surface area contributed by atoms with Crippen LogP contribution in [-0.4, -0.2) is 6.29 Å². The van der Waals surface area contributed by atoms with Crippen molar-refractivity contribution in [2.24, 2.45) is 0 Å². The fourth-order valence-corrected chi connectivity index (χ4v) is 1.41. The second kappa shape index (κ2) is 6.47. The Kier molecular flexibility index (Phi) is 6.02. The highest BCUT2D eigenvalue weighted by atomic mass is 16.1. The maximum absolute atomic E-state index is 9.17. The normalized spacial score (nSPS) is 10.4. The van der Waals surface area contributed by atoms with Gasteiger partial charge < -0.3 is 4.79 Å². The molecule has 0 spiro atoms. The summed E-state index contributed by atoms with van der Waals surface area (Å²) < 4.78 is 0. The molecule has 0 amide bonds. The Balaban J connectivity index is 0.000000487. The van der Waals surface area contributed by atoms with E-state index in [1.165, 1.54) is 16.7 Å². The first-order valence-electron chi connectivity index (χ1n) is 5.83. The van der Waals surface area contributed by atoms with Gasteiger partial charge in [0.05, 0.1) is 0 Å². The molecule has 0 aromatic heterocycles. The van der Waals surface area contributed by atoms with Crippen LogP contribution in [-0.2, 0) is 10.2 Å². The summed E-state index contributed by atoms with van der Waals surface area (Å²) in [6, 6.07) is 6.76. The highest BCUT2D eigenvalue weighted by Crippen LogP contribution is 2.23. The highest BCUT2D eigenvalue weighted by Gasteiger charge is 2.13. The summed E-state index contributed by atoms with van der Waals surface area (Å²) >= 11 is 0. The van der Waals surface area contributed by atoms with Gasteiger partial charge in [-0.05, 0) is 24.8 Å². The molecule has 1 aromatic rings. The van der Waals surface area contributed by atoms with Gasteiger partial charge in [-0.1, -0.05) is 57.0 Å². The maximum Gasteiger partial charge on any atom is 0.119 e. The van der Waals surface area contributed by atoms with Crippen LogP contribution in [0.4, 0.5) is 0 Å². The van der Waals surface area contributed by atoms with Crippen molar-refractivity contribution in [3.05, 3.63) is 34.9 Å². The van der Waals surface area contributed by atoms with E-state index in [0.717, 1.165) is 6.29 Å². The lowest BCUT2D eigenvalue weighted by Crippen LogP contribution is -2.11. The van der Waals surface area contributed by atoms with Crippen LogP contribution in [0.15, 0.2) is 18.2 Å². The van der Waals surface area contributed by atoms with Gasteiger partial charge in [-0.15, -0.1) is 0 Å². The summed E-state index contributed by atoms with van der Waals surface area (Å²) in [7, 11) is 0. The fraction of sp³-hybridized carbons (Fsp3) is 0.533. The first-order valence-corrected chi connectivity index (χ1v) is 5.83. The van der Waals surface area contributed by atoms with Crippen LogP contribution < -0.4 is 0 Å². The van der Waals surface area contributed by atoms with Gasteiger partial charge in [0, 0.05) is 6.42 Å². The molecule has 0 aliphatic heterocycles. The van der Waals surface area contributed by atoms with Crippen LogP contribution in [0.2, 0.25) is 0 Å². The van der Waals surface area contributed by atoms with Crippen molar-refractivity contribution in [1.82, 2.24) is 0 Å². The molecule has 0 bridgehead atoms. The van der Waals surface area contributed by atoms with Crippen LogP contribution in [0.1, 0.15) is 50.8 Å². The number of hydrogen-bond acceptors (Lipinski definition) is 1. The number of benzene rings is 1. The molecule has 0 saturated carbocycles. The van der Waals surface area contributed by atoms with E-state index in [0.29, 0.717) is 6.42 Å². The molecular formula is C15H24O. The molecule has 16 heavy (non-hydrogen) atoms. The number of aryl methyl sites for hydroxylation is 2. The Labute approximate surface area is 99.9 Å². The summed E-state index contributed by atoms with van der Waals surface area (Å²) in [4.78, 5) is 9.17. The molecule has 0 aliphatic rings. The predicted octanol–water partition coefficient (Wildman–Crippen LogP) is 4.20. The summed E-state index contributed by atoms with van der Waals surface area (Å²) in [5, 5.41) is 0. The molecule has 0 atom stereocenters. The zero-order valence-electron chi connectivity index (χ0n) is 11.4. The van der Waals surface area contributed by atoms with Gasteiger partial charge in [-0.3, -0.25) is 0 Å². The summed E-state index contributed by atoms with van der Waals surface area (Å²) in [6.45, 7) is 12.9. The Hall–Kier alpha value is -1.11. The lowest BCUT2D eigenvalue weighted by Gasteiger charge is -2.20. The van der Waals surface area contributed by atoms with Crippen molar-refractivity contribution in [2.45, 2.75) is 53.4 Å².